The Kier molecular flexibility index (Phi) is 5.20. The number of nitrogens with one attached hydrogen (secondary N) is 1. The summed E-state index contributed by atoms with van der Waals surface area (Å²) >= 11 is 3.44. The van der Waals surface area contributed by atoms with E-state index < -0.39 is 0 Å². The van der Waals surface area contributed by atoms with Crippen molar-refractivity contribution in [2.45, 2.75) is 20.4 Å². The molecule has 0 aliphatic rings. The van der Waals surface area contributed by atoms with Gasteiger partial charge in [0.25, 0.3) is 0 Å². The molecule has 20 heavy (non-hydrogen) atoms. The number of hydrogen-bond donors (Lipinski definition) is 1. The minimum Gasteiger partial charge on any atom is -0.496 e. The van der Waals surface area contributed by atoms with Crippen molar-refractivity contribution < 1.29 is 9.15 Å². The maximum absolute atomic E-state index is 5.54. The highest BCUT2D eigenvalue weighted by Crippen LogP contribution is 2.34. The largest absolute Gasteiger partial charge is 0.496 e. The Morgan fingerprint density at radius 3 is 2.90 bits per heavy atom. The van der Waals surface area contributed by atoms with Gasteiger partial charge in [0.2, 0.25) is 0 Å². The van der Waals surface area contributed by atoms with E-state index in [-0.39, 0.29) is 0 Å². The van der Waals surface area contributed by atoms with E-state index in [1.165, 1.54) is 6.39 Å². The molecule has 0 amide bonds. The first kappa shape index (κ1) is 15.1. The van der Waals surface area contributed by atoms with Crippen LogP contribution in [-0.4, -0.2) is 18.6 Å². The Bertz CT molecular complexity index is 567. The fraction of sp³-hybridized carbons (Fsp3) is 0.400. The molecule has 0 saturated carbocycles. The van der Waals surface area contributed by atoms with Gasteiger partial charge in [-0.05, 0) is 30.7 Å². The van der Waals surface area contributed by atoms with E-state index in [1.54, 1.807) is 7.11 Å². The monoisotopic (exact) mass is 338 g/mol. The quantitative estimate of drug-likeness (QED) is 0.868. The first-order chi connectivity index (χ1) is 9.61. The summed E-state index contributed by atoms with van der Waals surface area (Å²) in [5.74, 6) is 2.12. The lowest BCUT2D eigenvalue weighted by atomic mass is 10.1. The third kappa shape index (κ3) is 3.61. The average Bonchev–Trinajstić information content (AvgIpc) is 2.86. The number of methoxy groups -OCH3 is 1. The van der Waals surface area contributed by atoms with Gasteiger partial charge < -0.3 is 14.5 Å². The van der Waals surface area contributed by atoms with E-state index in [0.29, 0.717) is 12.5 Å². The molecule has 2 aromatic rings. The molecule has 1 heterocycles. The second-order valence-electron chi connectivity index (χ2n) is 5.00. The molecule has 1 aromatic carbocycles. The molecule has 0 unspecified atom stereocenters. The number of oxazole rings is 1. The predicted octanol–water partition coefficient (Wildman–Crippen LogP) is 3.86. The number of rotatable bonds is 6. The summed E-state index contributed by atoms with van der Waals surface area (Å²) in [4.78, 5) is 4.29. The zero-order valence-corrected chi connectivity index (χ0v) is 13.5. The summed E-state index contributed by atoms with van der Waals surface area (Å²) in [5, 5.41) is 3.37. The van der Waals surface area contributed by atoms with Crippen LogP contribution < -0.4 is 10.1 Å². The smallest absolute Gasteiger partial charge is 0.181 e. The van der Waals surface area contributed by atoms with Gasteiger partial charge in [-0.2, -0.15) is 0 Å². The molecular formula is C15H19BrN2O2. The van der Waals surface area contributed by atoms with Crippen molar-refractivity contribution in [1.29, 1.82) is 0 Å². The van der Waals surface area contributed by atoms with E-state index in [0.717, 1.165) is 33.8 Å². The Balaban J connectivity index is 2.23. The number of nitrogens with zero attached hydrogens (tertiary/aromatic N) is 1. The normalized spacial score (nSPS) is 11.1. The summed E-state index contributed by atoms with van der Waals surface area (Å²) in [5.41, 5.74) is 1.81. The minimum atomic E-state index is 0.604. The van der Waals surface area contributed by atoms with Gasteiger partial charge in [0.1, 0.15) is 11.4 Å². The summed E-state index contributed by atoms with van der Waals surface area (Å²) in [7, 11) is 1.65. The van der Waals surface area contributed by atoms with Crippen LogP contribution in [0.5, 0.6) is 5.75 Å². The maximum Gasteiger partial charge on any atom is 0.181 e. The van der Waals surface area contributed by atoms with Gasteiger partial charge in [0.15, 0.2) is 12.2 Å². The molecule has 2 rings (SSSR count). The highest BCUT2D eigenvalue weighted by molar-refractivity contribution is 9.10. The van der Waals surface area contributed by atoms with Crippen LogP contribution in [0.15, 0.2) is 33.5 Å². The molecule has 1 aromatic heterocycles. The molecule has 1 N–H and O–H groups in total. The second kappa shape index (κ2) is 6.90. The molecule has 5 heteroatoms. The molecule has 0 bridgehead atoms. The summed E-state index contributed by atoms with van der Waals surface area (Å²) < 4.78 is 11.9. The molecule has 108 valence electrons. The number of hydrogen-bond acceptors (Lipinski definition) is 4. The van der Waals surface area contributed by atoms with Crippen molar-refractivity contribution in [2.75, 3.05) is 13.7 Å². The third-order valence-electron chi connectivity index (χ3n) is 2.89. The molecule has 0 spiro atoms. The maximum atomic E-state index is 5.54. The van der Waals surface area contributed by atoms with E-state index in [9.17, 15) is 0 Å². The van der Waals surface area contributed by atoms with Gasteiger partial charge in [-0.15, -0.1) is 0 Å². The van der Waals surface area contributed by atoms with E-state index in [1.807, 2.05) is 18.2 Å². The fourth-order valence-electron chi connectivity index (χ4n) is 1.95. The van der Waals surface area contributed by atoms with Gasteiger partial charge in [-0.3, -0.25) is 0 Å². The van der Waals surface area contributed by atoms with Crippen LogP contribution in [0.3, 0.4) is 0 Å². The van der Waals surface area contributed by atoms with Crippen LogP contribution in [0, 0.1) is 5.92 Å². The van der Waals surface area contributed by atoms with Crippen LogP contribution in [0.2, 0.25) is 0 Å². The Labute approximate surface area is 127 Å². The van der Waals surface area contributed by atoms with Gasteiger partial charge in [-0.1, -0.05) is 29.8 Å². The van der Waals surface area contributed by atoms with Crippen molar-refractivity contribution >= 4 is 15.9 Å². The predicted molar refractivity (Wildman–Crippen MR) is 82.7 cm³/mol. The molecule has 0 saturated heterocycles. The van der Waals surface area contributed by atoms with E-state index in [2.05, 4.69) is 40.1 Å². The first-order valence-corrected chi connectivity index (χ1v) is 7.38. The van der Waals surface area contributed by atoms with Crippen LogP contribution in [-0.2, 0) is 6.54 Å². The fourth-order valence-corrected chi connectivity index (χ4v) is 2.29. The standard InChI is InChI=1S/C15H19BrN2O2/c1-10(2)7-17-8-13-15(20-9-18-13)12-5-4-11(16)6-14(12)19-3/h4-6,9-10,17H,7-8H2,1-3H3. The zero-order valence-electron chi connectivity index (χ0n) is 11.9. The molecule has 0 aliphatic heterocycles. The molecular weight excluding hydrogens is 320 g/mol. The molecule has 0 fully saturated rings. The minimum absolute atomic E-state index is 0.604. The third-order valence-corrected chi connectivity index (χ3v) is 3.39. The second-order valence-corrected chi connectivity index (χ2v) is 5.91. The lowest BCUT2D eigenvalue weighted by Gasteiger charge is -2.09. The topological polar surface area (TPSA) is 47.3 Å². The molecule has 4 nitrogen and oxygen atoms in total. The molecule has 0 aliphatic carbocycles. The number of aromatic nitrogens is 1. The van der Waals surface area contributed by atoms with Crippen LogP contribution in [0.4, 0.5) is 0 Å². The van der Waals surface area contributed by atoms with Gasteiger partial charge in [-0.25, -0.2) is 4.98 Å². The summed E-state index contributed by atoms with van der Waals surface area (Å²) in [6.45, 7) is 5.98. The Morgan fingerprint density at radius 1 is 1.40 bits per heavy atom. The Hall–Kier alpha value is -1.33. The lowest BCUT2D eigenvalue weighted by Crippen LogP contribution is -2.19. The highest BCUT2D eigenvalue weighted by Gasteiger charge is 2.15. The van der Waals surface area contributed by atoms with Gasteiger partial charge in [0.05, 0.1) is 12.7 Å². The van der Waals surface area contributed by atoms with E-state index in [4.69, 9.17) is 9.15 Å². The zero-order chi connectivity index (χ0) is 14.5. The number of ether oxygens (including phenoxy) is 1. The van der Waals surface area contributed by atoms with Crippen LogP contribution in [0.25, 0.3) is 11.3 Å². The van der Waals surface area contributed by atoms with Crippen molar-refractivity contribution in [2.24, 2.45) is 5.92 Å². The summed E-state index contributed by atoms with van der Waals surface area (Å²) in [6, 6.07) is 5.85. The van der Waals surface area contributed by atoms with E-state index >= 15 is 0 Å². The summed E-state index contributed by atoms with van der Waals surface area (Å²) in [6.07, 6.45) is 1.48. The average molecular weight is 339 g/mol. The highest BCUT2D eigenvalue weighted by atomic mass is 79.9. The molecule has 0 radical (unpaired) electrons. The van der Waals surface area contributed by atoms with Gasteiger partial charge in [0, 0.05) is 11.0 Å². The van der Waals surface area contributed by atoms with Gasteiger partial charge >= 0.3 is 0 Å². The first-order valence-electron chi connectivity index (χ1n) is 6.58. The van der Waals surface area contributed by atoms with Crippen LogP contribution >= 0.6 is 15.9 Å². The SMILES string of the molecule is COc1cc(Br)ccc1-c1ocnc1CNCC(C)C. The van der Waals surface area contributed by atoms with Crippen LogP contribution in [0.1, 0.15) is 19.5 Å². The number of halogens is 1. The number of benzene rings is 1. The van der Waals surface area contributed by atoms with Crippen molar-refractivity contribution in [3.63, 3.8) is 0 Å². The van der Waals surface area contributed by atoms with Crippen molar-refractivity contribution in [3.05, 3.63) is 34.8 Å². The van der Waals surface area contributed by atoms with Crippen molar-refractivity contribution in [1.82, 2.24) is 10.3 Å². The Morgan fingerprint density at radius 2 is 2.20 bits per heavy atom. The lowest BCUT2D eigenvalue weighted by molar-refractivity contribution is 0.414. The molecule has 0 atom stereocenters. The van der Waals surface area contributed by atoms with Crippen molar-refractivity contribution in [3.8, 4) is 17.1 Å².